The zero-order valence-electron chi connectivity index (χ0n) is 9.14. The predicted molar refractivity (Wildman–Crippen MR) is 57.5 cm³/mol. The van der Waals surface area contributed by atoms with Gasteiger partial charge in [0, 0.05) is 20.1 Å². The van der Waals surface area contributed by atoms with E-state index in [2.05, 4.69) is 32.3 Å². The van der Waals surface area contributed by atoms with Crippen molar-refractivity contribution in [1.29, 1.82) is 0 Å². The summed E-state index contributed by atoms with van der Waals surface area (Å²) >= 11 is 0. The monoisotopic (exact) mass is 208 g/mol. The van der Waals surface area contributed by atoms with Gasteiger partial charge in [0.1, 0.15) is 6.33 Å². The fourth-order valence-electron chi connectivity index (χ4n) is 1.56. The summed E-state index contributed by atoms with van der Waals surface area (Å²) in [6.45, 7) is 5.51. The number of aryl methyl sites for hydroxylation is 1. The smallest absolute Gasteiger partial charge is 0.194 e. The van der Waals surface area contributed by atoms with Crippen molar-refractivity contribution in [2.75, 3.05) is 20.1 Å². The summed E-state index contributed by atoms with van der Waals surface area (Å²) in [5, 5.41) is 11.2. The van der Waals surface area contributed by atoms with Gasteiger partial charge in [-0.15, -0.1) is 10.2 Å². The Hall–Kier alpha value is -1.59. The lowest BCUT2D eigenvalue weighted by Crippen LogP contribution is -2.35. The van der Waals surface area contributed by atoms with Gasteiger partial charge in [-0.25, -0.2) is 0 Å². The first-order valence-corrected chi connectivity index (χ1v) is 5.17. The summed E-state index contributed by atoms with van der Waals surface area (Å²) in [6.07, 6.45) is 1.75. The van der Waals surface area contributed by atoms with E-state index in [0.29, 0.717) is 6.54 Å². The van der Waals surface area contributed by atoms with Crippen LogP contribution < -0.4 is 5.32 Å². The summed E-state index contributed by atoms with van der Waals surface area (Å²) in [4.78, 5) is 6.45. The molecule has 0 saturated heterocycles. The third-order valence-electron chi connectivity index (χ3n) is 2.50. The van der Waals surface area contributed by atoms with E-state index in [1.807, 2.05) is 11.6 Å². The minimum Gasteiger partial charge on any atom is -0.349 e. The number of hydrogen-bond acceptors (Lipinski definition) is 5. The quantitative estimate of drug-likeness (QED) is 0.740. The molecule has 0 unspecified atom stereocenters. The highest BCUT2D eigenvalue weighted by molar-refractivity contribution is 5.81. The van der Waals surface area contributed by atoms with Crippen LogP contribution in [0.4, 0.5) is 0 Å². The van der Waals surface area contributed by atoms with Gasteiger partial charge < -0.3 is 14.8 Å². The standard InChI is InChI=1S/C9H16N6/c1-3-15-7-12-13-8(15)6-11-9-10-4-5-14(9)2/h7H,3-6H2,1-2H3,(H,10,11). The molecule has 0 aliphatic carbocycles. The van der Waals surface area contributed by atoms with Crippen molar-refractivity contribution in [3.63, 3.8) is 0 Å². The van der Waals surface area contributed by atoms with Crippen LogP contribution in [0.25, 0.3) is 0 Å². The summed E-state index contributed by atoms with van der Waals surface area (Å²) in [6, 6.07) is 0. The minimum atomic E-state index is 0.678. The predicted octanol–water partition coefficient (Wildman–Crippen LogP) is -0.311. The van der Waals surface area contributed by atoms with Crippen molar-refractivity contribution in [2.24, 2.45) is 4.99 Å². The van der Waals surface area contributed by atoms with E-state index in [1.165, 1.54) is 0 Å². The number of nitrogens with one attached hydrogen (secondary N) is 1. The maximum Gasteiger partial charge on any atom is 0.194 e. The van der Waals surface area contributed by atoms with E-state index < -0.39 is 0 Å². The lowest BCUT2D eigenvalue weighted by molar-refractivity contribution is 0.529. The molecule has 0 amide bonds. The number of nitrogens with zero attached hydrogens (tertiary/aromatic N) is 5. The molecule has 0 bridgehead atoms. The van der Waals surface area contributed by atoms with Crippen LogP contribution in [0, 0.1) is 0 Å². The molecule has 0 aromatic carbocycles. The Bertz CT molecular complexity index is 355. The van der Waals surface area contributed by atoms with Gasteiger partial charge in [-0.1, -0.05) is 0 Å². The van der Waals surface area contributed by atoms with Crippen molar-refractivity contribution < 1.29 is 0 Å². The van der Waals surface area contributed by atoms with Crippen LogP contribution >= 0.6 is 0 Å². The Balaban J connectivity index is 1.93. The number of aliphatic imine (C=N–C) groups is 1. The molecule has 0 radical (unpaired) electrons. The number of likely N-dealkylation sites (N-methyl/N-ethyl adjacent to an activating group) is 1. The van der Waals surface area contributed by atoms with Crippen molar-refractivity contribution in [1.82, 2.24) is 25.0 Å². The largest absolute Gasteiger partial charge is 0.349 e. The van der Waals surface area contributed by atoms with Crippen molar-refractivity contribution in [3.8, 4) is 0 Å². The first kappa shape index (κ1) is 9.95. The molecule has 2 heterocycles. The van der Waals surface area contributed by atoms with Gasteiger partial charge >= 0.3 is 0 Å². The number of rotatable bonds is 3. The summed E-state index contributed by atoms with van der Waals surface area (Å²) in [7, 11) is 2.03. The molecular weight excluding hydrogens is 192 g/mol. The molecule has 1 N–H and O–H groups in total. The Morgan fingerprint density at radius 1 is 1.53 bits per heavy atom. The summed E-state index contributed by atoms with van der Waals surface area (Å²) in [5.74, 6) is 1.89. The van der Waals surface area contributed by atoms with Crippen LogP contribution in [0.2, 0.25) is 0 Å². The fraction of sp³-hybridized carbons (Fsp3) is 0.667. The van der Waals surface area contributed by atoms with Gasteiger partial charge in [-0.05, 0) is 6.92 Å². The lowest BCUT2D eigenvalue weighted by atomic mass is 10.5. The normalized spacial score (nSPS) is 15.6. The molecule has 82 valence electrons. The average Bonchev–Trinajstić information content (AvgIpc) is 2.83. The molecule has 1 aromatic rings. The van der Waals surface area contributed by atoms with Gasteiger partial charge in [0.05, 0.1) is 13.1 Å². The van der Waals surface area contributed by atoms with Crippen LogP contribution in [-0.4, -0.2) is 45.8 Å². The maximum atomic E-state index is 4.35. The van der Waals surface area contributed by atoms with E-state index in [4.69, 9.17) is 0 Å². The van der Waals surface area contributed by atoms with Crippen LogP contribution in [-0.2, 0) is 13.1 Å². The lowest BCUT2D eigenvalue weighted by Gasteiger charge is -2.14. The van der Waals surface area contributed by atoms with E-state index in [9.17, 15) is 0 Å². The molecule has 1 aromatic heterocycles. The summed E-state index contributed by atoms with van der Waals surface area (Å²) < 4.78 is 2.02. The molecule has 6 heteroatoms. The van der Waals surface area contributed by atoms with Gasteiger partial charge in [0.25, 0.3) is 0 Å². The average molecular weight is 208 g/mol. The molecule has 0 fully saturated rings. The van der Waals surface area contributed by atoms with E-state index in [1.54, 1.807) is 6.33 Å². The van der Waals surface area contributed by atoms with Crippen LogP contribution in [0.3, 0.4) is 0 Å². The second-order valence-electron chi connectivity index (χ2n) is 3.51. The summed E-state index contributed by atoms with van der Waals surface area (Å²) in [5.41, 5.74) is 0. The second-order valence-corrected chi connectivity index (χ2v) is 3.51. The Kier molecular flexibility index (Phi) is 2.84. The Morgan fingerprint density at radius 2 is 2.40 bits per heavy atom. The molecule has 2 rings (SSSR count). The van der Waals surface area contributed by atoms with Crippen LogP contribution in [0.15, 0.2) is 11.3 Å². The highest BCUT2D eigenvalue weighted by Crippen LogP contribution is 1.98. The van der Waals surface area contributed by atoms with Crippen LogP contribution in [0.5, 0.6) is 0 Å². The van der Waals surface area contributed by atoms with Gasteiger partial charge in [-0.2, -0.15) is 0 Å². The van der Waals surface area contributed by atoms with Gasteiger partial charge in [-0.3, -0.25) is 4.99 Å². The SMILES string of the molecule is CCn1cnnc1CNC1=NCCN1C. The molecule has 0 saturated carbocycles. The first-order chi connectivity index (χ1) is 7.31. The Labute approximate surface area is 89.0 Å². The third-order valence-corrected chi connectivity index (χ3v) is 2.50. The van der Waals surface area contributed by atoms with Crippen molar-refractivity contribution >= 4 is 5.96 Å². The molecule has 15 heavy (non-hydrogen) atoms. The molecular formula is C9H16N6. The number of aromatic nitrogens is 3. The van der Waals surface area contributed by atoms with Gasteiger partial charge in [0.15, 0.2) is 11.8 Å². The molecule has 1 aliphatic heterocycles. The zero-order valence-corrected chi connectivity index (χ0v) is 9.14. The number of guanidine groups is 1. The molecule has 0 spiro atoms. The van der Waals surface area contributed by atoms with E-state index in [0.717, 1.165) is 31.4 Å². The highest BCUT2D eigenvalue weighted by Gasteiger charge is 2.12. The maximum absolute atomic E-state index is 4.35. The van der Waals surface area contributed by atoms with Crippen molar-refractivity contribution in [2.45, 2.75) is 20.0 Å². The zero-order chi connectivity index (χ0) is 10.7. The van der Waals surface area contributed by atoms with Crippen molar-refractivity contribution in [3.05, 3.63) is 12.2 Å². The minimum absolute atomic E-state index is 0.678. The Morgan fingerprint density at radius 3 is 3.07 bits per heavy atom. The topological polar surface area (TPSA) is 58.3 Å². The third kappa shape index (κ3) is 2.08. The number of hydrogen-bond donors (Lipinski definition) is 1. The van der Waals surface area contributed by atoms with E-state index >= 15 is 0 Å². The highest BCUT2D eigenvalue weighted by atomic mass is 15.3. The first-order valence-electron chi connectivity index (χ1n) is 5.17. The van der Waals surface area contributed by atoms with Crippen LogP contribution in [0.1, 0.15) is 12.7 Å². The fourth-order valence-corrected chi connectivity index (χ4v) is 1.56. The molecule has 0 atom stereocenters. The molecule has 1 aliphatic rings. The van der Waals surface area contributed by atoms with Gasteiger partial charge in [0.2, 0.25) is 0 Å². The second kappa shape index (κ2) is 4.29. The molecule has 6 nitrogen and oxygen atoms in total. The van der Waals surface area contributed by atoms with E-state index in [-0.39, 0.29) is 0 Å².